The number of nitrogens with zero attached hydrogens (tertiary/aromatic N) is 2. The molecule has 0 aromatic heterocycles. The van der Waals surface area contributed by atoms with Crippen molar-refractivity contribution in [3.8, 4) is 0 Å². The second kappa shape index (κ2) is 13.8. The highest BCUT2D eigenvalue weighted by atomic mass is 79.9. The molecule has 0 aliphatic rings. The maximum atomic E-state index is 14.1. The van der Waals surface area contributed by atoms with Crippen molar-refractivity contribution in [2.45, 2.75) is 58.0 Å². The van der Waals surface area contributed by atoms with Crippen LogP contribution in [0.3, 0.4) is 0 Å². The van der Waals surface area contributed by atoms with Crippen molar-refractivity contribution in [3.63, 3.8) is 0 Å². The van der Waals surface area contributed by atoms with Gasteiger partial charge in [-0.15, -0.1) is 0 Å². The van der Waals surface area contributed by atoms with Gasteiger partial charge in [-0.2, -0.15) is 0 Å². The molecule has 208 valence electrons. The van der Waals surface area contributed by atoms with E-state index in [1.165, 1.54) is 4.90 Å². The highest BCUT2D eigenvalue weighted by molar-refractivity contribution is 9.10. The van der Waals surface area contributed by atoms with Crippen LogP contribution < -0.4 is 9.62 Å². The molecule has 1 N–H and O–H groups in total. The number of hydrogen-bond acceptors (Lipinski definition) is 4. The van der Waals surface area contributed by atoms with E-state index in [0.717, 1.165) is 31.9 Å². The molecule has 2 amide bonds. The number of anilines is 1. The zero-order chi connectivity index (χ0) is 28.6. The zero-order valence-electron chi connectivity index (χ0n) is 22.9. The Balaban J connectivity index is 2.05. The first-order chi connectivity index (χ1) is 18.6. The normalized spacial score (nSPS) is 12.0. The molecule has 9 heteroatoms. The summed E-state index contributed by atoms with van der Waals surface area (Å²) in [5.74, 6) is -0.715. The summed E-state index contributed by atoms with van der Waals surface area (Å²) < 4.78 is 29.7. The van der Waals surface area contributed by atoms with E-state index in [1.807, 2.05) is 52.0 Å². The second-order valence-corrected chi connectivity index (χ2v) is 12.2. The van der Waals surface area contributed by atoms with Crippen LogP contribution in [0.4, 0.5) is 5.69 Å². The summed E-state index contributed by atoms with van der Waals surface area (Å²) in [5, 5.41) is 2.90. The molecular weight excluding hydrogens is 578 g/mol. The van der Waals surface area contributed by atoms with Gasteiger partial charge in [-0.05, 0) is 74.2 Å². The fourth-order valence-corrected chi connectivity index (χ4v) is 5.91. The van der Waals surface area contributed by atoms with E-state index in [0.29, 0.717) is 18.7 Å². The van der Waals surface area contributed by atoms with Gasteiger partial charge in [0.15, 0.2) is 0 Å². The third-order valence-corrected chi connectivity index (χ3v) is 8.86. The van der Waals surface area contributed by atoms with Crippen LogP contribution in [0.2, 0.25) is 0 Å². The maximum Gasteiger partial charge on any atom is 0.264 e. The fourth-order valence-electron chi connectivity index (χ4n) is 4.23. The molecule has 0 heterocycles. The molecule has 3 rings (SSSR count). The van der Waals surface area contributed by atoms with E-state index in [2.05, 4.69) is 21.2 Å². The summed E-state index contributed by atoms with van der Waals surface area (Å²) in [6.45, 7) is 7.86. The quantitative estimate of drug-likeness (QED) is 0.288. The molecule has 3 aromatic carbocycles. The number of halogens is 1. The SMILES string of the molecule is CCCNC(=O)[C@H](CC)N(Cc1ccccc1C)C(=O)CN(c1ccc(Br)cc1)S(=O)(=O)c1ccc(C)cc1. The first-order valence-corrected chi connectivity index (χ1v) is 15.3. The predicted molar refractivity (Wildman–Crippen MR) is 159 cm³/mol. The van der Waals surface area contributed by atoms with Gasteiger partial charge in [-0.3, -0.25) is 13.9 Å². The summed E-state index contributed by atoms with van der Waals surface area (Å²) in [7, 11) is -4.09. The summed E-state index contributed by atoms with van der Waals surface area (Å²) in [6.07, 6.45) is 1.15. The van der Waals surface area contributed by atoms with Crippen molar-refractivity contribution in [3.05, 3.63) is 94.0 Å². The monoisotopic (exact) mass is 613 g/mol. The number of hydrogen-bond donors (Lipinski definition) is 1. The number of aryl methyl sites for hydroxylation is 2. The summed E-state index contributed by atoms with van der Waals surface area (Å²) in [4.78, 5) is 28.8. The van der Waals surface area contributed by atoms with Gasteiger partial charge in [0.05, 0.1) is 10.6 Å². The van der Waals surface area contributed by atoms with Crippen LogP contribution in [0, 0.1) is 13.8 Å². The van der Waals surface area contributed by atoms with Crippen LogP contribution in [0.25, 0.3) is 0 Å². The number of sulfonamides is 1. The number of carbonyl (C=O) groups excluding carboxylic acids is 2. The molecular formula is C30H36BrN3O4S. The summed E-state index contributed by atoms with van der Waals surface area (Å²) in [6, 6.07) is 20.2. The van der Waals surface area contributed by atoms with Gasteiger partial charge in [-0.1, -0.05) is 71.7 Å². The second-order valence-electron chi connectivity index (χ2n) is 9.46. The lowest BCUT2D eigenvalue weighted by atomic mass is 10.1. The van der Waals surface area contributed by atoms with Crippen LogP contribution in [0.15, 0.2) is 82.2 Å². The first-order valence-electron chi connectivity index (χ1n) is 13.0. The largest absolute Gasteiger partial charge is 0.354 e. The van der Waals surface area contributed by atoms with Crippen molar-refractivity contribution in [2.24, 2.45) is 0 Å². The van der Waals surface area contributed by atoms with Crippen LogP contribution >= 0.6 is 15.9 Å². The lowest BCUT2D eigenvalue weighted by Crippen LogP contribution is -2.52. The average Bonchev–Trinajstić information content (AvgIpc) is 2.92. The Morgan fingerprint density at radius 1 is 0.923 bits per heavy atom. The van der Waals surface area contributed by atoms with Crippen molar-refractivity contribution < 1.29 is 18.0 Å². The van der Waals surface area contributed by atoms with Crippen molar-refractivity contribution in [1.29, 1.82) is 0 Å². The lowest BCUT2D eigenvalue weighted by molar-refractivity contribution is -0.140. The van der Waals surface area contributed by atoms with Gasteiger partial charge < -0.3 is 10.2 Å². The molecule has 0 saturated carbocycles. The molecule has 3 aromatic rings. The van der Waals surface area contributed by atoms with Crippen molar-refractivity contribution in [2.75, 3.05) is 17.4 Å². The molecule has 0 radical (unpaired) electrons. The zero-order valence-corrected chi connectivity index (χ0v) is 25.3. The molecule has 0 saturated heterocycles. The van der Waals surface area contributed by atoms with E-state index in [1.54, 1.807) is 48.5 Å². The molecule has 0 aliphatic heterocycles. The Bertz CT molecular complexity index is 1380. The van der Waals surface area contributed by atoms with Gasteiger partial charge in [0, 0.05) is 17.6 Å². The van der Waals surface area contributed by atoms with E-state index in [4.69, 9.17) is 0 Å². The highest BCUT2D eigenvalue weighted by Gasteiger charge is 2.33. The molecule has 7 nitrogen and oxygen atoms in total. The Morgan fingerprint density at radius 3 is 2.15 bits per heavy atom. The Morgan fingerprint density at radius 2 is 1.56 bits per heavy atom. The Kier molecular flexibility index (Phi) is 10.7. The fraction of sp³-hybridized carbons (Fsp3) is 0.333. The van der Waals surface area contributed by atoms with Crippen LogP contribution in [-0.2, 0) is 26.2 Å². The number of benzene rings is 3. The first kappa shape index (κ1) is 30.4. The average molecular weight is 615 g/mol. The minimum atomic E-state index is -4.09. The van der Waals surface area contributed by atoms with E-state index < -0.39 is 28.5 Å². The summed E-state index contributed by atoms with van der Waals surface area (Å²) >= 11 is 3.39. The smallest absolute Gasteiger partial charge is 0.264 e. The molecule has 1 atom stereocenters. The highest BCUT2D eigenvalue weighted by Crippen LogP contribution is 2.26. The van der Waals surface area contributed by atoms with Crippen LogP contribution in [0.1, 0.15) is 43.4 Å². The molecule has 0 spiro atoms. The Hall–Kier alpha value is -3.17. The van der Waals surface area contributed by atoms with Gasteiger partial charge in [0.1, 0.15) is 12.6 Å². The number of carbonyl (C=O) groups is 2. The van der Waals surface area contributed by atoms with Gasteiger partial charge in [0.2, 0.25) is 11.8 Å². The Labute approximate surface area is 240 Å². The van der Waals surface area contributed by atoms with Gasteiger partial charge in [0.25, 0.3) is 10.0 Å². The van der Waals surface area contributed by atoms with Gasteiger partial charge >= 0.3 is 0 Å². The van der Waals surface area contributed by atoms with Gasteiger partial charge in [-0.25, -0.2) is 8.42 Å². The number of rotatable bonds is 12. The van der Waals surface area contributed by atoms with E-state index in [9.17, 15) is 18.0 Å². The molecule has 0 unspecified atom stereocenters. The van der Waals surface area contributed by atoms with Crippen molar-refractivity contribution >= 4 is 43.5 Å². The summed E-state index contributed by atoms with van der Waals surface area (Å²) in [5.41, 5.74) is 3.15. The molecule has 0 aliphatic carbocycles. The maximum absolute atomic E-state index is 14.1. The molecule has 39 heavy (non-hydrogen) atoms. The predicted octanol–water partition coefficient (Wildman–Crippen LogP) is 5.59. The number of amides is 2. The third kappa shape index (κ3) is 7.70. The minimum absolute atomic E-state index is 0.0852. The lowest BCUT2D eigenvalue weighted by Gasteiger charge is -2.33. The van der Waals surface area contributed by atoms with E-state index >= 15 is 0 Å². The molecule has 0 bridgehead atoms. The van der Waals surface area contributed by atoms with E-state index in [-0.39, 0.29) is 17.3 Å². The topological polar surface area (TPSA) is 86.8 Å². The molecule has 0 fully saturated rings. The minimum Gasteiger partial charge on any atom is -0.354 e. The third-order valence-electron chi connectivity index (χ3n) is 6.54. The number of nitrogens with one attached hydrogen (secondary N) is 1. The van der Waals surface area contributed by atoms with Crippen LogP contribution in [0.5, 0.6) is 0 Å². The van der Waals surface area contributed by atoms with Crippen molar-refractivity contribution in [1.82, 2.24) is 10.2 Å². The van der Waals surface area contributed by atoms with Crippen LogP contribution in [-0.4, -0.2) is 44.3 Å². The standard InChI is InChI=1S/C30H36BrN3O4S/c1-5-19-32-30(36)28(6-2)33(20-24-10-8-7-9-23(24)4)29(35)21-34(26-15-13-25(31)14-16-26)39(37,38)27-17-11-22(3)12-18-27/h7-18,28H,5-6,19-21H2,1-4H3,(H,32,36)/t28-/m0/s1.